The van der Waals surface area contributed by atoms with E-state index in [0.29, 0.717) is 16.5 Å². The number of rotatable bonds is 2. The Morgan fingerprint density at radius 1 is 1.40 bits per heavy atom. The molecule has 0 bridgehead atoms. The second kappa shape index (κ2) is 4.26. The van der Waals surface area contributed by atoms with Gasteiger partial charge in [-0.05, 0) is 27.4 Å². The number of ether oxygens (including phenoxy) is 1. The molecule has 10 heavy (non-hydrogen) atoms. The minimum atomic E-state index is -0.316. The lowest BCUT2D eigenvalue weighted by molar-refractivity contribution is 0.0735. The summed E-state index contributed by atoms with van der Waals surface area (Å²) in [5, 5.41) is 0. The molecule has 2 atom stereocenters. The van der Waals surface area contributed by atoms with Gasteiger partial charge in [-0.3, -0.25) is 0 Å². The van der Waals surface area contributed by atoms with E-state index in [1.165, 1.54) is 0 Å². The van der Waals surface area contributed by atoms with E-state index in [-0.39, 0.29) is 11.3 Å². The van der Waals surface area contributed by atoms with Crippen molar-refractivity contribution in [3.63, 3.8) is 0 Å². The summed E-state index contributed by atoms with van der Waals surface area (Å²) in [6.07, 6.45) is 0. The van der Waals surface area contributed by atoms with E-state index >= 15 is 0 Å². The molecule has 4 heteroatoms. The SMILES string of the molecule is CPPC(=O)OC(C)(C)C. The standard InChI is InChI=1S/C6H14O2P2/c1-6(2,3)8-5(7)10-9-4/h9-10H,1-4H3. The average Bonchev–Trinajstić information content (AvgIpc) is 1.59. The van der Waals surface area contributed by atoms with Gasteiger partial charge in [0.2, 0.25) is 0 Å². The van der Waals surface area contributed by atoms with Gasteiger partial charge in [0.25, 0.3) is 0 Å². The Morgan fingerprint density at radius 2 is 1.90 bits per heavy atom. The highest BCUT2D eigenvalue weighted by Crippen LogP contribution is 2.35. The van der Waals surface area contributed by atoms with E-state index in [9.17, 15) is 4.79 Å². The van der Waals surface area contributed by atoms with Gasteiger partial charge in [0.15, 0.2) is 0 Å². The number of hydrogen-bond acceptors (Lipinski definition) is 2. The molecule has 0 aliphatic heterocycles. The summed E-state index contributed by atoms with van der Waals surface area (Å²) in [7, 11) is 1.01. The third-order valence-electron chi connectivity index (χ3n) is 0.626. The molecule has 0 saturated carbocycles. The molecule has 0 amide bonds. The smallest absolute Gasteiger partial charge is 0.327 e. The van der Waals surface area contributed by atoms with Crippen LogP contribution in [0.3, 0.4) is 0 Å². The normalized spacial score (nSPS) is 13.6. The van der Waals surface area contributed by atoms with Crippen LogP contribution < -0.4 is 0 Å². The summed E-state index contributed by atoms with van der Waals surface area (Å²) >= 11 is 0. The maximum atomic E-state index is 10.9. The van der Waals surface area contributed by atoms with E-state index < -0.39 is 0 Å². The van der Waals surface area contributed by atoms with Crippen molar-refractivity contribution in [2.24, 2.45) is 0 Å². The van der Waals surface area contributed by atoms with Crippen molar-refractivity contribution >= 4 is 22.2 Å². The lowest BCUT2D eigenvalue weighted by atomic mass is 10.2. The fraction of sp³-hybridized carbons (Fsp3) is 0.833. The van der Waals surface area contributed by atoms with E-state index in [4.69, 9.17) is 4.74 Å². The van der Waals surface area contributed by atoms with Crippen LogP contribution in [-0.2, 0) is 4.74 Å². The van der Waals surface area contributed by atoms with Gasteiger partial charge in [-0.25, -0.2) is 4.79 Å². The summed E-state index contributed by atoms with van der Waals surface area (Å²) in [4.78, 5) is 10.9. The molecular formula is C6H14O2P2. The van der Waals surface area contributed by atoms with Crippen molar-refractivity contribution in [2.75, 3.05) is 6.66 Å². The zero-order valence-corrected chi connectivity index (χ0v) is 8.82. The quantitative estimate of drug-likeness (QED) is 0.610. The van der Waals surface area contributed by atoms with Crippen molar-refractivity contribution in [3.8, 4) is 0 Å². The second-order valence-electron chi connectivity index (χ2n) is 2.88. The Kier molecular flexibility index (Phi) is 4.40. The summed E-state index contributed by atoms with van der Waals surface area (Å²) in [5.74, 6) is 0. The van der Waals surface area contributed by atoms with Crippen LogP contribution in [0.2, 0.25) is 0 Å². The minimum Gasteiger partial charge on any atom is -0.457 e. The lowest BCUT2D eigenvalue weighted by Crippen LogP contribution is -2.20. The number of hydrogen-bond donors (Lipinski definition) is 0. The third-order valence-corrected chi connectivity index (χ3v) is 2.54. The van der Waals surface area contributed by atoms with Gasteiger partial charge in [0, 0.05) is 8.27 Å². The molecule has 0 N–H and O–H groups in total. The van der Waals surface area contributed by atoms with Gasteiger partial charge in [0.1, 0.15) is 5.60 Å². The van der Waals surface area contributed by atoms with Crippen LogP contribution >= 0.6 is 16.5 Å². The molecular weight excluding hydrogens is 166 g/mol. The summed E-state index contributed by atoms with van der Waals surface area (Å²) in [6.45, 7) is 7.65. The Balaban J connectivity index is 3.58. The van der Waals surface area contributed by atoms with Crippen LogP contribution in [0.15, 0.2) is 0 Å². The zero-order valence-electron chi connectivity index (χ0n) is 6.82. The first-order valence-electron chi connectivity index (χ1n) is 3.11. The van der Waals surface area contributed by atoms with Gasteiger partial charge in [-0.1, -0.05) is 8.27 Å². The minimum absolute atomic E-state index is 0.0617. The molecule has 0 heterocycles. The molecule has 0 aromatic carbocycles. The molecule has 0 spiro atoms. The maximum absolute atomic E-state index is 10.9. The van der Waals surface area contributed by atoms with E-state index in [1.807, 2.05) is 27.4 Å². The van der Waals surface area contributed by atoms with Gasteiger partial charge < -0.3 is 4.74 Å². The topological polar surface area (TPSA) is 26.3 Å². The van der Waals surface area contributed by atoms with Crippen LogP contribution in [0.5, 0.6) is 0 Å². The lowest BCUT2D eigenvalue weighted by Gasteiger charge is -2.18. The second-order valence-corrected chi connectivity index (χ2v) is 6.29. The molecule has 0 rings (SSSR count). The molecule has 60 valence electrons. The number of carbonyl (C=O) groups excluding carboxylic acids is 1. The van der Waals surface area contributed by atoms with Gasteiger partial charge >= 0.3 is 5.71 Å². The van der Waals surface area contributed by atoms with Crippen LogP contribution in [0.1, 0.15) is 20.8 Å². The molecule has 0 aliphatic carbocycles. The van der Waals surface area contributed by atoms with E-state index in [1.54, 1.807) is 0 Å². The molecule has 0 saturated heterocycles. The maximum Gasteiger partial charge on any atom is 0.327 e. The first kappa shape index (κ1) is 10.3. The monoisotopic (exact) mass is 180 g/mol. The molecule has 2 nitrogen and oxygen atoms in total. The van der Waals surface area contributed by atoms with Gasteiger partial charge in [0.05, 0.1) is 0 Å². The van der Waals surface area contributed by atoms with Crippen molar-refractivity contribution < 1.29 is 9.53 Å². The predicted octanol–water partition coefficient (Wildman–Crippen LogP) is 2.82. The molecule has 0 fully saturated rings. The molecule has 0 aromatic heterocycles. The largest absolute Gasteiger partial charge is 0.457 e. The molecule has 0 radical (unpaired) electrons. The summed E-state index contributed by atoms with van der Waals surface area (Å²) < 4.78 is 5.06. The van der Waals surface area contributed by atoms with Crippen molar-refractivity contribution in [1.82, 2.24) is 0 Å². The molecule has 2 unspecified atom stereocenters. The zero-order chi connectivity index (χ0) is 8.20. The number of carbonyl (C=O) groups is 1. The fourth-order valence-electron chi connectivity index (χ4n) is 0.406. The highest BCUT2D eigenvalue weighted by molar-refractivity contribution is 8.18. The third kappa shape index (κ3) is 6.45. The van der Waals surface area contributed by atoms with Gasteiger partial charge in [-0.2, -0.15) is 0 Å². The Bertz CT molecular complexity index is 117. The molecule has 0 aromatic rings. The highest BCUT2D eigenvalue weighted by Gasteiger charge is 2.14. The van der Waals surface area contributed by atoms with E-state index in [2.05, 4.69) is 0 Å². The van der Waals surface area contributed by atoms with Crippen LogP contribution in [0.25, 0.3) is 0 Å². The Hall–Kier alpha value is 0.330. The predicted molar refractivity (Wildman–Crippen MR) is 48.8 cm³/mol. The van der Waals surface area contributed by atoms with Gasteiger partial charge in [-0.15, -0.1) is 0 Å². The first-order chi connectivity index (χ1) is 4.45. The summed E-state index contributed by atoms with van der Waals surface area (Å²) in [6, 6.07) is 0. The summed E-state index contributed by atoms with van der Waals surface area (Å²) in [5.41, 5.74) is -0.377. The van der Waals surface area contributed by atoms with Crippen LogP contribution in [-0.4, -0.2) is 18.0 Å². The van der Waals surface area contributed by atoms with E-state index in [0.717, 1.165) is 0 Å². The Morgan fingerprint density at radius 3 is 2.20 bits per heavy atom. The van der Waals surface area contributed by atoms with Crippen molar-refractivity contribution in [1.29, 1.82) is 0 Å². The Labute approximate surface area is 65.6 Å². The van der Waals surface area contributed by atoms with Crippen LogP contribution in [0.4, 0.5) is 4.79 Å². The first-order valence-corrected chi connectivity index (χ1v) is 6.61. The fourth-order valence-corrected chi connectivity index (χ4v) is 1.73. The van der Waals surface area contributed by atoms with Crippen molar-refractivity contribution in [2.45, 2.75) is 26.4 Å². The van der Waals surface area contributed by atoms with Crippen molar-refractivity contribution in [3.05, 3.63) is 0 Å². The average molecular weight is 180 g/mol. The molecule has 0 aliphatic rings. The highest BCUT2D eigenvalue weighted by atomic mass is 32.0. The van der Waals surface area contributed by atoms with Crippen LogP contribution in [0, 0.1) is 0 Å².